The Hall–Kier alpha value is -4.17. The zero-order valence-corrected chi connectivity index (χ0v) is 17.9. The van der Waals surface area contributed by atoms with Gasteiger partial charge in [0.2, 0.25) is 5.89 Å². The van der Waals surface area contributed by atoms with E-state index in [9.17, 15) is 14.7 Å². The van der Waals surface area contributed by atoms with E-state index >= 15 is 0 Å². The van der Waals surface area contributed by atoms with Gasteiger partial charge in [0.15, 0.2) is 5.58 Å². The summed E-state index contributed by atoms with van der Waals surface area (Å²) in [6.45, 7) is 0.00455. The van der Waals surface area contributed by atoms with Crippen LogP contribution in [0.4, 0.5) is 5.69 Å². The van der Waals surface area contributed by atoms with E-state index in [-0.39, 0.29) is 36.9 Å². The smallest absolute Gasteiger partial charge is 0.337 e. The van der Waals surface area contributed by atoms with Gasteiger partial charge in [-0.1, -0.05) is 30.3 Å². The number of carbonyl (C=O) groups is 2. The molecule has 0 fully saturated rings. The van der Waals surface area contributed by atoms with Gasteiger partial charge >= 0.3 is 5.97 Å². The highest BCUT2D eigenvalue weighted by Gasteiger charge is 2.34. The first-order chi connectivity index (χ1) is 16.1. The Labute approximate surface area is 189 Å². The molecule has 166 valence electrons. The first-order valence-electron chi connectivity index (χ1n) is 10.5. The second kappa shape index (κ2) is 8.40. The number of methoxy groups -OCH3 is 1. The summed E-state index contributed by atoms with van der Waals surface area (Å²) in [6.07, 6.45) is 0. The Kier molecular flexibility index (Phi) is 5.27. The van der Waals surface area contributed by atoms with Gasteiger partial charge in [-0.05, 0) is 41.1 Å². The van der Waals surface area contributed by atoms with Crippen molar-refractivity contribution in [1.82, 2.24) is 9.88 Å². The third-order valence-corrected chi connectivity index (χ3v) is 5.61. The van der Waals surface area contributed by atoms with Gasteiger partial charge in [0, 0.05) is 17.8 Å². The molecule has 3 aromatic carbocycles. The van der Waals surface area contributed by atoms with Crippen LogP contribution in [0, 0.1) is 0 Å². The first-order valence-corrected chi connectivity index (χ1v) is 10.5. The van der Waals surface area contributed by atoms with Crippen LogP contribution in [0.2, 0.25) is 0 Å². The number of benzene rings is 3. The monoisotopic (exact) mass is 443 g/mol. The molecule has 2 heterocycles. The Balaban J connectivity index is 1.47. The molecule has 1 aliphatic heterocycles. The summed E-state index contributed by atoms with van der Waals surface area (Å²) in [5.41, 5.74) is 3.00. The summed E-state index contributed by atoms with van der Waals surface area (Å²) in [5, 5.41) is 14.5. The first kappa shape index (κ1) is 20.7. The van der Waals surface area contributed by atoms with Crippen molar-refractivity contribution in [2.45, 2.75) is 0 Å². The van der Waals surface area contributed by atoms with E-state index in [1.165, 1.54) is 12.0 Å². The molecule has 0 saturated heterocycles. The average molecular weight is 443 g/mol. The quantitative estimate of drug-likeness (QED) is 0.441. The van der Waals surface area contributed by atoms with Crippen molar-refractivity contribution in [3.8, 4) is 11.5 Å². The number of β-amino-alcohol motifs (C(OH)–C–C–N with tert-alkyl or cyclic N) is 1. The highest BCUT2D eigenvalue weighted by atomic mass is 16.5. The van der Waals surface area contributed by atoms with Gasteiger partial charge in [-0.2, -0.15) is 0 Å². The lowest BCUT2D eigenvalue weighted by atomic mass is 10.1. The molecule has 0 atom stereocenters. The number of esters is 1. The maximum absolute atomic E-state index is 12.7. The van der Waals surface area contributed by atoms with E-state index in [0.717, 1.165) is 16.3 Å². The fourth-order valence-electron chi connectivity index (χ4n) is 3.94. The lowest BCUT2D eigenvalue weighted by Crippen LogP contribution is -2.31. The Morgan fingerprint density at radius 3 is 2.76 bits per heavy atom. The zero-order chi connectivity index (χ0) is 22.9. The molecule has 8 heteroatoms. The standard InChI is InChI=1S/C25H21N3O5/c1-32-25(31)19-14-28(10-11-29)24(30)22(19)26-18-8-9-21-20(13-18)27-23(33-21)17-7-6-15-4-2-3-5-16(15)12-17/h2-9,12-13,26,29H,10-11,14H2,1H3. The molecule has 2 N–H and O–H groups in total. The average Bonchev–Trinajstić information content (AvgIpc) is 3.40. The molecule has 0 spiro atoms. The van der Waals surface area contributed by atoms with E-state index < -0.39 is 5.97 Å². The molecule has 0 bridgehead atoms. The van der Waals surface area contributed by atoms with E-state index in [0.29, 0.717) is 22.7 Å². The van der Waals surface area contributed by atoms with Crippen molar-refractivity contribution < 1.29 is 23.8 Å². The van der Waals surface area contributed by atoms with Crippen LogP contribution in [0.3, 0.4) is 0 Å². The zero-order valence-electron chi connectivity index (χ0n) is 17.9. The molecule has 5 rings (SSSR count). The normalized spacial score (nSPS) is 13.9. The van der Waals surface area contributed by atoms with E-state index in [1.54, 1.807) is 18.2 Å². The highest BCUT2D eigenvalue weighted by molar-refractivity contribution is 6.08. The van der Waals surface area contributed by atoms with Crippen LogP contribution in [-0.2, 0) is 14.3 Å². The SMILES string of the molecule is COC(=O)C1=C(Nc2ccc3oc(-c4ccc5ccccc5c4)nc3c2)C(=O)N(CCO)C1. The van der Waals surface area contributed by atoms with E-state index in [4.69, 9.17) is 9.15 Å². The van der Waals surface area contributed by atoms with Crippen molar-refractivity contribution in [3.63, 3.8) is 0 Å². The molecule has 1 aliphatic rings. The number of carbonyl (C=O) groups excluding carboxylic acids is 2. The molecular formula is C25H21N3O5. The highest BCUT2D eigenvalue weighted by Crippen LogP contribution is 2.30. The van der Waals surface area contributed by atoms with E-state index in [2.05, 4.69) is 10.3 Å². The Morgan fingerprint density at radius 2 is 1.97 bits per heavy atom. The molecule has 0 unspecified atom stereocenters. The fourth-order valence-corrected chi connectivity index (χ4v) is 3.94. The van der Waals surface area contributed by atoms with Crippen molar-refractivity contribution in [2.24, 2.45) is 0 Å². The summed E-state index contributed by atoms with van der Waals surface area (Å²) >= 11 is 0. The van der Waals surface area contributed by atoms with Gasteiger partial charge in [-0.15, -0.1) is 0 Å². The molecule has 1 aromatic heterocycles. The number of aliphatic hydroxyl groups is 1. The summed E-state index contributed by atoms with van der Waals surface area (Å²) in [5.74, 6) is -0.470. The van der Waals surface area contributed by atoms with Crippen LogP contribution in [0.25, 0.3) is 33.3 Å². The number of aliphatic hydroxyl groups excluding tert-OH is 1. The molecule has 0 radical (unpaired) electrons. The van der Waals surface area contributed by atoms with Gasteiger partial charge in [0.05, 0.1) is 25.8 Å². The van der Waals surface area contributed by atoms with Crippen molar-refractivity contribution >= 4 is 39.4 Å². The molecular weight excluding hydrogens is 422 g/mol. The fraction of sp³-hybridized carbons (Fsp3) is 0.160. The van der Waals surface area contributed by atoms with Gasteiger partial charge in [-0.25, -0.2) is 9.78 Å². The molecule has 1 amide bonds. The predicted molar refractivity (Wildman–Crippen MR) is 123 cm³/mol. The number of anilines is 1. The predicted octanol–water partition coefficient (Wildman–Crippen LogP) is 3.32. The van der Waals surface area contributed by atoms with Gasteiger partial charge in [0.1, 0.15) is 11.2 Å². The number of ether oxygens (including phenoxy) is 1. The maximum atomic E-state index is 12.7. The third-order valence-electron chi connectivity index (χ3n) is 5.61. The number of nitrogens with one attached hydrogen (secondary N) is 1. The van der Waals surface area contributed by atoms with Crippen LogP contribution in [0.15, 0.2) is 76.4 Å². The summed E-state index contributed by atoms with van der Waals surface area (Å²) in [6, 6.07) is 19.4. The molecule has 4 aromatic rings. The summed E-state index contributed by atoms with van der Waals surface area (Å²) in [7, 11) is 1.27. The Bertz CT molecular complexity index is 1420. The third kappa shape index (κ3) is 3.81. The van der Waals surface area contributed by atoms with Crippen LogP contribution in [-0.4, -0.2) is 53.7 Å². The minimum absolute atomic E-state index is 0.0761. The number of rotatable bonds is 6. The number of fused-ring (bicyclic) bond motifs is 2. The minimum Gasteiger partial charge on any atom is -0.466 e. The number of amides is 1. The second-order valence-electron chi connectivity index (χ2n) is 7.68. The van der Waals surface area contributed by atoms with Crippen molar-refractivity contribution in [3.05, 3.63) is 71.9 Å². The van der Waals surface area contributed by atoms with Crippen molar-refractivity contribution in [2.75, 3.05) is 32.1 Å². The second-order valence-corrected chi connectivity index (χ2v) is 7.68. The van der Waals surface area contributed by atoms with E-state index in [1.807, 2.05) is 42.5 Å². The molecule has 8 nitrogen and oxygen atoms in total. The number of aromatic nitrogens is 1. The number of nitrogens with zero attached hydrogens (tertiary/aromatic N) is 2. The number of oxazole rings is 1. The van der Waals surface area contributed by atoms with Crippen LogP contribution in [0.1, 0.15) is 0 Å². The largest absolute Gasteiger partial charge is 0.466 e. The summed E-state index contributed by atoms with van der Waals surface area (Å²) < 4.78 is 10.8. The van der Waals surface area contributed by atoms with Crippen LogP contribution >= 0.6 is 0 Å². The Morgan fingerprint density at radius 1 is 1.15 bits per heavy atom. The van der Waals surface area contributed by atoms with Gasteiger partial charge in [-0.3, -0.25) is 4.79 Å². The maximum Gasteiger partial charge on any atom is 0.337 e. The molecule has 0 saturated carbocycles. The lowest BCUT2D eigenvalue weighted by molar-refractivity contribution is -0.136. The van der Waals surface area contributed by atoms with Crippen molar-refractivity contribution in [1.29, 1.82) is 0 Å². The van der Waals surface area contributed by atoms with Crippen LogP contribution in [0.5, 0.6) is 0 Å². The topological polar surface area (TPSA) is 105 Å². The summed E-state index contributed by atoms with van der Waals surface area (Å²) in [4.78, 5) is 30.9. The van der Waals surface area contributed by atoms with Crippen LogP contribution < -0.4 is 5.32 Å². The van der Waals surface area contributed by atoms with Gasteiger partial charge < -0.3 is 24.5 Å². The number of hydrogen-bond donors (Lipinski definition) is 2. The molecule has 33 heavy (non-hydrogen) atoms. The van der Waals surface area contributed by atoms with Gasteiger partial charge in [0.25, 0.3) is 5.91 Å². The number of hydrogen-bond acceptors (Lipinski definition) is 7. The minimum atomic E-state index is -0.590. The molecule has 0 aliphatic carbocycles. The lowest BCUT2D eigenvalue weighted by Gasteiger charge is -2.14.